The molecule has 5 heteroatoms. The first-order chi connectivity index (χ1) is 14.6. The van der Waals surface area contributed by atoms with Crippen LogP contribution >= 0.6 is 0 Å². The van der Waals surface area contributed by atoms with Crippen molar-refractivity contribution in [2.75, 3.05) is 7.11 Å². The molecule has 0 aliphatic carbocycles. The van der Waals surface area contributed by atoms with Gasteiger partial charge >= 0.3 is 0 Å². The maximum atomic E-state index is 14.1. The minimum Gasteiger partial charge on any atom is -0.507 e. The molecular formula is C25H34FNO3. The molecule has 2 N–H and O–H groups in total. The summed E-state index contributed by atoms with van der Waals surface area (Å²) in [6.45, 7) is 2.23. The molecule has 0 heterocycles. The molecule has 0 aromatic heterocycles. The Labute approximate surface area is 179 Å². The second-order valence-corrected chi connectivity index (χ2v) is 7.71. The number of phenols is 1. The SMILES string of the molecule is CCCCCCCCCCC/C(=N\O)c1cc(-c2ccc(OC)c(F)c2)ccc1O. The van der Waals surface area contributed by atoms with Crippen molar-refractivity contribution in [3.05, 3.63) is 47.8 Å². The third-order valence-electron chi connectivity index (χ3n) is 5.43. The number of oxime groups is 1. The van der Waals surface area contributed by atoms with Crippen LogP contribution in [0, 0.1) is 5.82 Å². The van der Waals surface area contributed by atoms with Crippen LogP contribution in [-0.2, 0) is 0 Å². The molecule has 0 saturated carbocycles. The van der Waals surface area contributed by atoms with E-state index in [0.717, 1.165) is 18.4 Å². The van der Waals surface area contributed by atoms with Gasteiger partial charge in [0.2, 0.25) is 0 Å². The Balaban J connectivity index is 1.95. The monoisotopic (exact) mass is 415 g/mol. The molecule has 0 aliphatic heterocycles. The summed E-state index contributed by atoms with van der Waals surface area (Å²) in [7, 11) is 1.42. The van der Waals surface area contributed by atoms with Crippen molar-refractivity contribution >= 4 is 5.71 Å². The van der Waals surface area contributed by atoms with E-state index in [4.69, 9.17) is 4.74 Å². The molecule has 0 atom stereocenters. The first kappa shape index (κ1) is 23.7. The van der Waals surface area contributed by atoms with E-state index in [0.29, 0.717) is 23.3 Å². The molecule has 164 valence electrons. The first-order valence-electron chi connectivity index (χ1n) is 11.0. The van der Waals surface area contributed by atoms with Crippen molar-refractivity contribution in [3.63, 3.8) is 0 Å². The largest absolute Gasteiger partial charge is 0.507 e. The van der Waals surface area contributed by atoms with Crippen molar-refractivity contribution < 1.29 is 19.4 Å². The molecule has 0 spiro atoms. The fraction of sp³-hybridized carbons (Fsp3) is 0.480. The van der Waals surface area contributed by atoms with Gasteiger partial charge in [0.1, 0.15) is 5.75 Å². The fourth-order valence-corrected chi connectivity index (χ4v) is 3.63. The predicted octanol–water partition coefficient (Wildman–Crippen LogP) is 7.31. The van der Waals surface area contributed by atoms with Gasteiger partial charge in [-0.05, 0) is 48.2 Å². The van der Waals surface area contributed by atoms with E-state index in [-0.39, 0.29) is 11.5 Å². The minimum atomic E-state index is -0.449. The van der Waals surface area contributed by atoms with Gasteiger partial charge in [-0.2, -0.15) is 0 Å². The van der Waals surface area contributed by atoms with Gasteiger partial charge < -0.3 is 15.1 Å². The minimum absolute atomic E-state index is 0.0523. The highest BCUT2D eigenvalue weighted by molar-refractivity contribution is 6.03. The van der Waals surface area contributed by atoms with Gasteiger partial charge in [-0.1, -0.05) is 75.6 Å². The van der Waals surface area contributed by atoms with Gasteiger partial charge in [0, 0.05) is 5.56 Å². The van der Waals surface area contributed by atoms with Gasteiger partial charge in [0.05, 0.1) is 12.8 Å². The van der Waals surface area contributed by atoms with Crippen LogP contribution in [0.1, 0.15) is 76.7 Å². The lowest BCUT2D eigenvalue weighted by atomic mass is 9.97. The summed E-state index contributed by atoms with van der Waals surface area (Å²) in [5.41, 5.74) is 2.32. The predicted molar refractivity (Wildman–Crippen MR) is 120 cm³/mol. The number of ether oxygens (including phenoxy) is 1. The molecule has 0 radical (unpaired) electrons. The summed E-state index contributed by atoms with van der Waals surface area (Å²) in [5.74, 6) is -0.215. The Morgan fingerprint density at radius 3 is 2.10 bits per heavy atom. The summed E-state index contributed by atoms with van der Waals surface area (Å²) >= 11 is 0. The number of methoxy groups -OCH3 is 1. The molecule has 2 aromatic carbocycles. The maximum absolute atomic E-state index is 14.1. The number of halogens is 1. The van der Waals surface area contributed by atoms with Crippen LogP contribution in [0.5, 0.6) is 11.5 Å². The normalized spacial score (nSPS) is 11.6. The number of aromatic hydroxyl groups is 1. The van der Waals surface area contributed by atoms with Crippen molar-refractivity contribution in [2.24, 2.45) is 5.16 Å². The molecule has 30 heavy (non-hydrogen) atoms. The topological polar surface area (TPSA) is 62.1 Å². The Hall–Kier alpha value is -2.56. The molecule has 0 amide bonds. The number of nitrogens with zero attached hydrogens (tertiary/aromatic N) is 1. The van der Waals surface area contributed by atoms with Crippen LogP contribution in [0.15, 0.2) is 41.6 Å². The van der Waals surface area contributed by atoms with E-state index in [1.165, 1.54) is 58.1 Å². The quantitative estimate of drug-likeness (QED) is 0.156. The molecule has 2 rings (SSSR count). The molecule has 4 nitrogen and oxygen atoms in total. The molecule has 0 aliphatic rings. The second kappa shape index (κ2) is 12.9. The standard InChI is InChI=1S/C25H34FNO3/c1-3-4-5-6-7-8-9-10-11-12-23(27-29)21-17-19(13-15-24(21)28)20-14-16-25(30-2)22(26)18-20/h13-18,28-29H,3-12H2,1-2H3/b27-23+. The average Bonchev–Trinajstić information content (AvgIpc) is 2.76. The molecule has 0 unspecified atom stereocenters. The number of phenolic OH excluding ortho intramolecular Hbond substituents is 1. The number of unbranched alkanes of at least 4 members (excludes halogenated alkanes) is 8. The Kier molecular flexibility index (Phi) is 10.2. The maximum Gasteiger partial charge on any atom is 0.165 e. The third-order valence-corrected chi connectivity index (χ3v) is 5.43. The summed E-state index contributed by atoms with van der Waals surface area (Å²) in [5, 5.41) is 23.2. The summed E-state index contributed by atoms with van der Waals surface area (Å²) < 4.78 is 19.0. The smallest absolute Gasteiger partial charge is 0.165 e. The zero-order valence-corrected chi connectivity index (χ0v) is 18.2. The van der Waals surface area contributed by atoms with Crippen LogP contribution in [0.2, 0.25) is 0 Å². The van der Waals surface area contributed by atoms with E-state index in [1.807, 2.05) is 0 Å². The van der Waals surface area contributed by atoms with Crippen molar-refractivity contribution in [1.82, 2.24) is 0 Å². The highest BCUT2D eigenvalue weighted by Crippen LogP contribution is 2.30. The van der Waals surface area contributed by atoms with Gasteiger partial charge in [-0.15, -0.1) is 0 Å². The van der Waals surface area contributed by atoms with Crippen LogP contribution in [0.25, 0.3) is 11.1 Å². The van der Waals surface area contributed by atoms with E-state index >= 15 is 0 Å². The van der Waals surface area contributed by atoms with E-state index in [9.17, 15) is 14.7 Å². The summed E-state index contributed by atoms with van der Waals surface area (Å²) in [6, 6.07) is 9.72. The van der Waals surface area contributed by atoms with Gasteiger partial charge in [0.15, 0.2) is 11.6 Å². The van der Waals surface area contributed by atoms with Crippen LogP contribution in [0.4, 0.5) is 4.39 Å². The van der Waals surface area contributed by atoms with E-state index in [2.05, 4.69) is 12.1 Å². The lowest BCUT2D eigenvalue weighted by Crippen LogP contribution is -2.02. The fourth-order valence-electron chi connectivity index (χ4n) is 3.63. The molecule has 0 fully saturated rings. The number of hydrogen-bond donors (Lipinski definition) is 2. The second-order valence-electron chi connectivity index (χ2n) is 7.71. The van der Waals surface area contributed by atoms with E-state index in [1.54, 1.807) is 30.3 Å². The van der Waals surface area contributed by atoms with Crippen LogP contribution < -0.4 is 4.74 Å². The first-order valence-corrected chi connectivity index (χ1v) is 11.0. The van der Waals surface area contributed by atoms with Crippen molar-refractivity contribution in [1.29, 1.82) is 0 Å². The van der Waals surface area contributed by atoms with Crippen LogP contribution in [-0.4, -0.2) is 23.1 Å². The Morgan fingerprint density at radius 2 is 1.50 bits per heavy atom. The lowest BCUT2D eigenvalue weighted by molar-refractivity contribution is 0.317. The van der Waals surface area contributed by atoms with E-state index < -0.39 is 5.82 Å². The van der Waals surface area contributed by atoms with Crippen LogP contribution in [0.3, 0.4) is 0 Å². The summed E-state index contributed by atoms with van der Waals surface area (Å²) in [6.07, 6.45) is 11.5. The molecule has 0 saturated heterocycles. The zero-order chi connectivity index (χ0) is 21.8. The number of rotatable bonds is 13. The van der Waals surface area contributed by atoms with Gasteiger partial charge in [-0.3, -0.25) is 0 Å². The number of benzene rings is 2. The molecule has 2 aromatic rings. The Bertz CT molecular complexity index is 820. The molecule has 0 bridgehead atoms. The van der Waals surface area contributed by atoms with Gasteiger partial charge in [0.25, 0.3) is 0 Å². The average molecular weight is 416 g/mol. The molecular weight excluding hydrogens is 381 g/mol. The third kappa shape index (κ3) is 7.05. The Morgan fingerprint density at radius 1 is 0.900 bits per heavy atom. The van der Waals surface area contributed by atoms with Gasteiger partial charge in [-0.25, -0.2) is 4.39 Å². The number of hydrogen-bond acceptors (Lipinski definition) is 4. The lowest BCUT2D eigenvalue weighted by Gasteiger charge is -2.11. The highest BCUT2D eigenvalue weighted by Gasteiger charge is 2.13. The van der Waals surface area contributed by atoms with Crippen molar-refractivity contribution in [2.45, 2.75) is 71.1 Å². The zero-order valence-electron chi connectivity index (χ0n) is 18.2. The van der Waals surface area contributed by atoms with Crippen molar-refractivity contribution in [3.8, 4) is 22.6 Å². The highest BCUT2D eigenvalue weighted by atomic mass is 19.1. The summed E-state index contributed by atoms with van der Waals surface area (Å²) in [4.78, 5) is 0.